The predicted octanol–water partition coefficient (Wildman–Crippen LogP) is 2.59. The normalized spacial score (nSPS) is 19.3. The van der Waals surface area contributed by atoms with Gasteiger partial charge in [-0.25, -0.2) is 4.79 Å². The number of carbonyl (C=O) groups excluding carboxylic acids is 2. The SMILES string of the molecule is CCOC(=O)c1c(NC(=O)[C@H](C)[NH+]2CCCCCC2)sc2c1CCCC2. The van der Waals surface area contributed by atoms with E-state index in [9.17, 15) is 9.59 Å². The predicted molar refractivity (Wildman–Crippen MR) is 104 cm³/mol. The molecule has 0 aromatic carbocycles. The Morgan fingerprint density at radius 3 is 2.50 bits per heavy atom. The summed E-state index contributed by atoms with van der Waals surface area (Å²) in [7, 11) is 0. The van der Waals surface area contributed by atoms with Crippen LogP contribution in [0, 0.1) is 0 Å². The van der Waals surface area contributed by atoms with Crippen molar-refractivity contribution in [3.05, 3.63) is 16.0 Å². The number of fused-ring (bicyclic) bond motifs is 1. The molecule has 2 aliphatic rings. The van der Waals surface area contributed by atoms with E-state index in [1.165, 1.54) is 35.5 Å². The van der Waals surface area contributed by atoms with E-state index < -0.39 is 0 Å². The van der Waals surface area contributed by atoms with Crippen LogP contribution in [-0.2, 0) is 22.4 Å². The number of carbonyl (C=O) groups is 2. The van der Waals surface area contributed by atoms with E-state index in [4.69, 9.17) is 4.74 Å². The molecule has 0 saturated carbocycles. The summed E-state index contributed by atoms with van der Waals surface area (Å²) in [6.45, 7) is 6.29. The molecule has 1 fully saturated rings. The van der Waals surface area contributed by atoms with Crippen molar-refractivity contribution in [1.29, 1.82) is 0 Å². The molecule has 0 spiro atoms. The largest absolute Gasteiger partial charge is 0.462 e. The molecule has 1 atom stereocenters. The zero-order valence-electron chi connectivity index (χ0n) is 16.0. The molecule has 26 heavy (non-hydrogen) atoms. The van der Waals surface area contributed by atoms with E-state index in [1.807, 2.05) is 13.8 Å². The quantitative estimate of drug-likeness (QED) is 0.773. The Balaban J connectivity index is 1.78. The van der Waals surface area contributed by atoms with Crippen LogP contribution in [0.15, 0.2) is 0 Å². The second-order valence-corrected chi connectivity index (χ2v) is 8.52. The summed E-state index contributed by atoms with van der Waals surface area (Å²) in [5.74, 6) is -0.275. The molecule has 1 saturated heterocycles. The molecule has 144 valence electrons. The van der Waals surface area contributed by atoms with Crippen molar-refractivity contribution in [1.82, 2.24) is 0 Å². The summed E-state index contributed by atoms with van der Waals surface area (Å²) in [6, 6.07) is -0.0951. The van der Waals surface area contributed by atoms with Gasteiger partial charge in [-0.2, -0.15) is 0 Å². The molecule has 1 aromatic heterocycles. The van der Waals surface area contributed by atoms with Crippen molar-refractivity contribution in [2.24, 2.45) is 0 Å². The number of hydrogen-bond donors (Lipinski definition) is 2. The fourth-order valence-electron chi connectivity index (χ4n) is 4.09. The number of thiophene rings is 1. The van der Waals surface area contributed by atoms with Crippen molar-refractivity contribution in [2.45, 2.75) is 71.3 Å². The average molecular weight is 380 g/mol. The van der Waals surface area contributed by atoms with Crippen molar-refractivity contribution >= 4 is 28.2 Å². The molecule has 1 aliphatic carbocycles. The third-order valence-corrected chi connectivity index (χ3v) is 6.85. The molecule has 0 radical (unpaired) electrons. The van der Waals surface area contributed by atoms with Crippen LogP contribution in [0.4, 0.5) is 5.00 Å². The summed E-state index contributed by atoms with van der Waals surface area (Å²) in [4.78, 5) is 28.0. The molecule has 3 rings (SSSR count). The second-order valence-electron chi connectivity index (χ2n) is 7.42. The second kappa shape index (κ2) is 9.00. The van der Waals surface area contributed by atoms with E-state index in [0.29, 0.717) is 17.2 Å². The lowest BCUT2D eigenvalue weighted by molar-refractivity contribution is -0.913. The fourth-order valence-corrected chi connectivity index (χ4v) is 5.37. The average Bonchev–Trinajstić information content (AvgIpc) is 2.80. The maximum Gasteiger partial charge on any atom is 0.341 e. The number of rotatable bonds is 5. The Morgan fingerprint density at radius 2 is 1.81 bits per heavy atom. The van der Waals surface area contributed by atoms with Crippen molar-refractivity contribution in [2.75, 3.05) is 25.0 Å². The van der Waals surface area contributed by atoms with Crippen LogP contribution in [0.5, 0.6) is 0 Å². The van der Waals surface area contributed by atoms with Crippen LogP contribution in [-0.4, -0.2) is 37.6 Å². The minimum absolute atomic E-state index is 0.0195. The Morgan fingerprint density at radius 1 is 1.12 bits per heavy atom. The van der Waals surface area contributed by atoms with Gasteiger partial charge in [-0.3, -0.25) is 4.79 Å². The molecule has 2 heterocycles. The summed E-state index contributed by atoms with van der Waals surface area (Å²) in [5.41, 5.74) is 1.71. The van der Waals surface area contributed by atoms with Crippen molar-refractivity contribution in [3.63, 3.8) is 0 Å². The first kappa shape index (κ1) is 19.4. The van der Waals surface area contributed by atoms with Gasteiger partial charge in [0, 0.05) is 4.88 Å². The standard InChI is InChI=1S/C20H30N2O3S/c1-3-25-20(24)17-15-10-6-7-11-16(15)26-19(17)21-18(23)14(2)22-12-8-4-5-9-13-22/h14H,3-13H2,1-2H3,(H,21,23)/p+1/t14-/m0/s1. The van der Waals surface area contributed by atoms with Gasteiger partial charge >= 0.3 is 5.97 Å². The highest BCUT2D eigenvalue weighted by molar-refractivity contribution is 7.17. The van der Waals surface area contributed by atoms with Gasteiger partial charge in [0.25, 0.3) is 5.91 Å². The molecule has 6 heteroatoms. The molecule has 1 aliphatic heterocycles. The molecule has 2 N–H and O–H groups in total. The van der Waals surface area contributed by atoms with Gasteiger partial charge in [0.15, 0.2) is 6.04 Å². The monoisotopic (exact) mass is 379 g/mol. The van der Waals surface area contributed by atoms with Gasteiger partial charge in [-0.05, 0) is 70.8 Å². The minimum atomic E-state index is -0.294. The Labute approximate surface area is 160 Å². The number of esters is 1. The summed E-state index contributed by atoms with van der Waals surface area (Å²) in [5, 5.41) is 3.78. The molecule has 0 unspecified atom stereocenters. The summed E-state index contributed by atoms with van der Waals surface area (Å²) < 4.78 is 5.28. The highest BCUT2D eigenvalue weighted by atomic mass is 32.1. The molecular formula is C20H31N2O3S+. The zero-order chi connectivity index (χ0) is 18.5. The van der Waals surface area contributed by atoms with Gasteiger partial charge in [0.05, 0.1) is 25.3 Å². The van der Waals surface area contributed by atoms with Gasteiger partial charge in [0.1, 0.15) is 5.00 Å². The van der Waals surface area contributed by atoms with E-state index in [-0.39, 0.29) is 17.9 Å². The first-order valence-corrected chi connectivity index (χ1v) is 10.9. The van der Waals surface area contributed by atoms with Crippen molar-refractivity contribution in [3.8, 4) is 0 Å². The summed E-state index contributed by atoms with van der Waals surface area (Å²) >= 11 is 1.57. The Bertz CT molecular complexity index is 648. The highest BCUT2D eigenvalue weighted by Gasteiger charge is 2.31. The van der Waals surface area contributed by atoms with Crippen LogP contribution >= 0.6 is 11.3 Å². The van der Waals surface area contributed by atoms with E-state index in [1.54, 1.807) is 11.3 Å². The van der Waals surface area contributed by atoms with Gasteiger partial charge < -0.3 is 15.0 Å². The molecule has 5 nitrogen and oxygen atoms in total. The number of nitrogens with one attached hydrogen (secondary N) is 2. The maximum atomic E-state index is 12.9. The lowest BCUT2D eigenvalue weighted by atomic mass is 9.95. The van der Waals surface area contributed by atoms with Crippen LogP contribution < -0.4 is 10.2 Å². The van der Waals surface area contributed by atoms with Gasteiger partial charge in [-0.1, -0.05) is 0 Å². The van der Waals surface area contributed by atoms with Gasteiger partial charge in [-0.15, -0.1) is 11.3 Å². The number of likely N-dealkylation sites (tertiary alicyclic amines) is 1. The topological polar surface area (TPSA) is 59.8 Å². The van der Waals surface area contributed by atoms with E-state index in [0.717, 1.165) is 44.3 Å². The minimum Gasteiger partial charge on any atom is -0.462 e. The first-order valence-electron chi connectivity index (χ1n) is 10.1. The molecule has 1 aromatic rings. The molecular weight excluding hydrogens is 348 g/mol. The highest BCUT2D eigenvalue weighted by Crippen LogP contribution is 2.38. The fraction of sp³-hybridized carbons (Fsp3) is 0.700. The van der Waals surface area contributed by atoms with E-state index >= 15 is 0 Å². The maximum absolute atomic E-state index is 12.9. The molecule has 1 amide bonds. The number of amides is 1. The van der Waals surface area contributed by atoms with Crippen molar-refractivity contribution < 1.29 is 19.2 Å². The zero-order valence-corrected chi connectivity index (χ0v) is 16.8. The third kappa shape index (κ3) is 4.29. The third-order valence-electron chi connectivity index (χ3n) is 5.64. The molecule has 0 bridgehead atoms. The summed E-state index contributed by atoms with van der Waals surface area (Å²) in [6.07, 6.45) is 9.06. The lowest BCUT2D eigenvalue weighted by Gasteiger charge is -2.23. The number of anilines is 1. The van der Waals surface area contributed by atoms with Crippen LogP contribution in [0.2, 0.25) is 0 Å². The van der Waals surface area contributed by atoms with Crippen LogP contribution in [0.25, 0.3) is 0 Å². The Kier molecular flexibility index (Phi) is 6.70. The number of ether oxygens (including phenoxy) is 1. The number of quaternary nitrogens is 1. The van der Waals surface area contributed by atoms with Crippen LogP contribution in [0.3, 0.4) is 0 Å². The van der Waals surface area contributed by atoms with Gasteiger partial charge in [0.2, 0.25) is 0 Å². The smallest absolute Gasteiger partial charge is 0.341 e. The lowest BCUT2D eigenvalue weighted by Crippen LogP contribution is -3.16. The van der Waals surface area contributed by atoms with Crippen LogP contribution in [0.1, 0.15) is 73.2 Å². The number of hydrogen-bond acceptors (Lipinski definition) is 4. The van der Waals surface area contributed by atoms with E-state index in [2.05, 4.69) is 5.32 Å². The Hall–Kier alpha value is -1.40. The number of aryl methyl sites for hydroxylation is 1. The first-order chi connectivity index (χ1) is 12.6.